The lowest BCUT2D eigenvalue weighted by atomic mass is 10.2. The van der Waals surface area contributed by atoms with Gasteiger partial charge in [-0.2, -0.15) is 4.31 Å². The fourth-order valence-corrected chi connectivity index (χ4v) is 4.94. The molecule has 0 bridgehead atoms. The molecule has 28 heavy (non-hydrogen) atoms. The number of amides is 1. The van der Waals surface area contributed by atoms with Crippen LogP contribution in [0.3, 0.4) is 0 Å². The number of halogens is 1. The van der Waals surface area contributed by atoms with Crippen molar-refractivity contribution in [3.63, 3.8) is 0 Å². The molecular formula is C18H29ClN4O4S. The maximum absolute atomic E-state index is 12.9. The number of hydrogen-bond acceptors (Lipinski definition) is 6. The van der Waals surface area contributed by atoms with Gasteiger partial charge >= 0.3 is 0 Å². The lowest BCUT2D eigenvalue weighted by Crippen LogP contribution is -2.44. The van der Waals surface area contributed by atoms with Gasteiger partial charge in [0.05, 0.1) is 23.7 Å². The summed E-state index contributed by atoms with van der Waals surface area (Å²) >= 11 is 0. The molecule has 2 aliphatic rings. The largest absolute Gasteiger partial charge is 0.379 e. The summed E-state index contributed by atoms with van der Waals surface area (Å²) in [7, 11) is -3.71. The maximum Gasteiger partial charge on any atom is 0.252 e. The van der Waals surface area contributed by atoms with E-state index in [-0.39, 0.29) is 28.8 Å². The molecule has 1 amide bonds. The van der Waals surface area contributed by atoms with E-state index in [1.807, 2.05) is 0 Å². The second-order valence-corrected chi connectivity index (χ2v) is 8.62. The number of nitrogens with one attached hydrogen (secondary N) is 2. The van der Waals surface area contributed by atoms with Crippen molar-refractivity contribution < 1.29 is 17.9 Å². The average molecular weight is 433 g/mol. The van der Waals surface area contributed by atoms with E-state index in [0.29, 0.717) is 32.8 Å². The quantitative estimate of drug-likeness (QED) is 0.596. The van der Waals surface area contributed by atoms with Crippen LogP contribution >= 0.6 is 12.4 Å². The molecule has 0 spiro atoms. The Labute approximate surface area is 173 Å². The van der Waals surface area contributed by atoms with Crippen LogP contribution in [0.25, 0.3) is 0 Å². The summed E-state index contributed by atoms with van der Waals surface area (Å²) in [5.74, 6) is -0.345. The van der Waals surface area contributed by atoms with Crippen LogP contribution in [0.1, 0.15) is 16.8 Å². The van der Waals surface area contributed by atoms with Crippen LogP contribution in [-0.4, -0.2) is 89.1 Å². The Morgan fingerprint density at radius 2 is 1.79 bits per heavy atom. The van der Waals surface area contributed by atoms with Gasteiger partial charge in [-0.3, -0.25) is 4.79 Å². The zero-order valence-corrected chi connectivity index (χ0v) is 17.6. The van der Waals surface area contributed by atoms with E-state index in [9.17, 15) is 13.2 Å². The number of nitrogens with zero attached hydrogens (tertiary/aromatic N) is 2. The molecule has 1 aromatic rings. The van der Waals surface area contributed by atoms with E-state index in [1.165, 1.54) is 10.4 Å². The van der Waals surface area contributed by atoms with E-state index >= 15 is 0 Å². The van der Waals surface area contributed by atoms with Gasteiger partial charge in [0.25, 0.3) is 5.91 Å². The molecular weight excluding hydrogens is 404 g/mol. The highest BCUT2D eigenvalue weighted by molar-refractivity contribution is 7.89. The second-order valence-electron chi connectivity index (χ2n) is 6.71. The Hall–Kier alpha value is -1.23. The third-order valence-electron chi connectivity index (χ3n) is 4.87. The number of rotatable bonds is 7. The summed E-state index contributed by atoms with van der Waals surface area (Å²) in [5.41, 5.74) is 0.200. The molecule has 0 saturated carbocycles. The Balaban J connectivity index is 0.00000280. The summed E-state index contributed by atoms with van der Waals surface area (Å²) in [6.07, 6.45) is 0.837. The molecule has 158 valence electrons. The maximum atomic E-state index is 12.9. The molecule has 1 aromatic carbocycles. The highest BCUT2D eigenvalue weighted by Gasteiger charge is 2.29. The highest BCUT2D eigenvalue weighted by atomic mass is 35.5. The number of ether oxygens (including phenoxy) is 1. The lowest BCUT2D eigenvalue weighted by molar-refractivity contribution is 0.0730. The van der Waals surface area contributed by atoms with Gasteiger partial charge in [-0.15, -0.1) is 12.4 Å². The molecule has 8 nitrogen and oxygen atoms in total. The van der Waals surface area contributed by atoms with E-state index in [0.717, 1.165) is 39.1 Å². The van der Waals surface area contributed by atoms with E-state index < -0.39 is 10.0 Å². The Morgan fingerprint density at radius 1 is 1.11 bits per heavy atom. The van der Waals surface area contributed by atoms with Crippen LogP contribution in [0.5, 0.6) is 0 Å². The number of hydrogen-bond donors (Lipinski definition) is 2. The Kier molecular flexibility index (Phi) is 9.13. The minimum Gasteiger partial charge on any atom is -0.379 e. The van der Waals surface area contributed by atoms with Crippen LogP contribution in [0.4, 0.5) is 0 Å². The molecule has 0 radical (unpaired) electrons. The van der Waals surface area contributed by atoms with Crippen LogP contribution in [-0.2, 0) is 14.8 Å². The van der Waals surface area contributed by atoms with E-state index in [4.69, 9.17) is 4.74 Å². The van der Waals surface area contributed by atoms with Crippen molar-refractivity contribution >= 4 is 28.3 Å². The average Bonchev–Trinajstić information content (AvgIpc) is 2.72. The minimum atomic E-state index is -3.71. The second kappa shape index (κ2) is 11.1. The van der Waals surface area contributed by atoms with Crippen molar-refractivity contribution in [2.24, 2.45) is 0 Å². The van der Waals surface area contributed by atoms with Gasteiger partial charge < -0.3 is 20.3 Å². The number of morpholine rings is 1. The Morgan fingerprint density at radius 3 is 2.50 bits per heavy atom. The lowest BCUT2D eigenvalue weighted by Gasteiger charge is -2.27. The van der Waals surface area contributed by atoms with Crippen LogP contribution in [0, 0.1) is 0 Å². The monoisotopic (exact) mass is 432 g/mol. The third-order valence-corrected chi connectivity index (χ3v) is 6.82. The van der Waals surface area contributed by atoms with Crippen LogP contribution in [0.2, 0.25) is 0 Å². The molecule has 0 aromatic heterocycles. The van der Waals surface area contributed by atoms with Crippen molar-refractivity contribution in [1.29, 1.82) is 0 Å². The molecule has 0 unspecified atom stereocenters. The zero-order chi connectivity index (χ0) is 19.1. The summed E-state index contributed by atoms with van der Waals surface area (Å²) < 4.78 is 32.5. The molecule has 2 heterocycles. The van der Waals surface area contributed by atoms with Gasteiger partial charge in [0, 0.05) is 45.8 Å². The molecule has 0 atom stereocenters. The van der Waals surface area contributed by atoms with Gasteiger partial charge in [-0.1, -0.05) is 12.1 Å². The fourth-order valence-electron chi connectivity index (χ4n) is 3.34. The molecule has 2 fully saturated rings. The van der Waals surface area contributed by atoms with Crippen molar-refractivity contribution in [3.8, 4) is 0 Å². The molecule has 2 aliphatic heterocycles. The summed E-state index contributed by atoms with van der Waals surface area (Å²) in [4.78, 5) is 15.0. The molecule has 2 N–H and O–H groups in total. The number of benzene rings is 1. The minimum absolute atomic E-state index is 0. The standard InChI is InChI=1S/C18H28N4O4S.ClH/c23-18(20-6-3-9-21-10-7-19-8-11-21)16-4-1-2-5-17(16)27(24,25)22-12-14-26-15-13-22;/h1-2,4-5,19H,3,6-15H2,(H,20,23);1H. The number of piperazine rings is 1. The molecule has 2 saturated heterocycles. The number of sulfonamides is 1. The molecule has 10 heteroatoms. The number of carbonyl (C=O) groups is 1. The highest BCUT2D eigenvalue weighted by Crippen LogP contribution is 2.21. The molecule has 0 aliphatic carbocycles. The van der Waals surface area contributed by atoms with Gasteiger partial charge in [0.1, 0.15) is 0 Å². The first kappa shape index (κ1) is 23.1. The summed E-state index contributed by atoms with van der Waals surface area (Å²) in [6, 6.07) is 6.40. The van der Waals surface area contributed by atoms with Crippen molar-refractivity contribution in [3.05, 3.63) is 29.8 Å². The normalized spacial score (nSPS) is 19.0. The summed E-state index contributed by atoms with van der Waals surface area (Å²) in [6.45, 7) is 6.86. The topological polar surface area (TPSA) is 91.0 Å². The van der Waals surface area contributed by atoms with Gasteiger partial charge in [-0.05, 0) is 25.1 Å². The van der Waals surface area contributed by atoms with E-state index in [2.05, 4.69) is 15.5 Å². The van der Waals surface area contributed by atoms with Crippen molar-refractivity contribution in [1.82, 2.24) is 19.8 Å². The van der Waals surface area contributed by atoms with Crippen LogP contribution < -0.4 is 10.6 Å². The first-order chi connectivity index (χ1) is 13.1. The molecule has 3 rings (SSSR count). The van der Waals surface area contributed by atoms with Crippen molar-refractivity contribution in [2.75, 3.05) is 65.6 Å². The smallest absolute Gasteiger partial charge is 0.252 e. The van der Waals surface area contributed by atoms with Crippen LogP contribution in [0.15, 0.2) is 29.2 Å². The Bertz CT molecular complexity index is 735. The SMILES string of the molecule is Cl.O=C(NCCCN1CCNCC1)c1ccccc1S(=O)(=O)N1CCOCC1. The fraction of sp³-hybridized carbons (Fsp3) is 0.611. The van der Waals surface area contributed by atoms with Gasteiger partial charge in [0.2, 0.25) is 10.0 Å². The predicted molar refractivity (Wildman–Crippen MR) is 110 cm³/mol. The van der Waals surface area contributed by atoms with Crippen molar-refractivity contribution in [2.45, 2.75) is 11.3 Å². The first-order valence-electron chi connectivity index (χ1n) is 9.47. The van der Waals surface area contributed by atoms with E-state index in [1.54, 1.807) is 18.2 Å². The predicted octanol–water partition coefficient (Wildman–Crippen LogP) is 0.154. The summed E-state index contributed by atoms with van der Waals surface area (Å²) in [5, 5.41) is 6.18. The zero-order valence-electron chi connectivity index (χ0n) is 15.9. The first-order valence-corrected chi connectivity index (χ1v) is 10.9. The van der Waals surface area contributed by atoms with Gasteiger partial charge in [0.15, 0.2) is 0 Å². The third kappa shape index (κ3) is 5.88. The van der Waals surface area contributed by atoms with Gasteiger partial charge in [-0.25, -0.2) is 8.42 Å². The number of carbonyl (C=O) groups excluding carboxylic acids is 1.